The van der Waals surface area contributed by atoms with Crippen LogP contribution in [0.3, 0.4) is 0 Å². The highest BCUT2D eigenvalue weighted by molar-refractivity contribution is 5.69. The van der Waals surface area contributed by atoms with Crippen LogP contribution in [0, 0.1) is 6.92 Å². The van der Waals surface area contributed by atoms with Crippen LogP contribution in [0.5, 0.6) is 0 Å². The van der Waals surface area contributed by atoms with Gasteiger partial charge < -0.3 is 19.9 Å². The number of piperidine rings is 1. The summed E-state index contributed by atoms with van der Waals surface area (Å²) < 4.78 is 5.53. The van der Waals surface area contributed by atoms with Crippen molar-refractivity contribution in [3.8, 4) is 11.3 Å². The van der Waals surface area contributed by atoms with E-state index in [0.29, 0.717) is 0 Å². The number of aryl methyl sites for hydroxylation is 1. The van der Waals surface area contributed by atoms with Crippen molar-refractivity contribution in [1.29, 1.82) is 0 Å². The maximum Gasteiger partial charge on any atom is 0.227 e. The summed E-state index contributed by atoms with van der Waals surface area (Å²) in [5.41, 5.74) is 3.20. The van der Waals surface area contributed by atoms with Gasteiger partial charge in [-0.05, 0) is 44.2 Å². The van der Waals surface area contributed by atoms with Crippen LogP contribution in [0.25, 0.3) is 11.3 Å². The van der Waals surface area contributed by atoms with E-state index in [2.05, 4.69) is 46.1 Å². The molecule has 7 nitrogen and oxygen atoms in total. The summed E-state index contributed by atoms with van der Waals surface area (Å²) >= 11 is 0. The summed E-state index contributed by atoms with van der Waals surface area (Å²) in [4.78, 5) is 19.2. The maximum atomic E-state index is 5.53. The molecule has 0 unspecified atom stereocenters. The first-order valence-electron chi connectivity index (χ1n) is 10.9. The molecule has 0 aliphatic carbocycles. The number of hydrogen-bond donors (Lipinski definition) is 1. The first-order chi connectivity index (χ1) is 14.2. The molecule has 0 bridgehead atoms. The van der Waals surface area contributed by atoms with Crippen LogP contribution < -0.4 is 15.1 Å². The lowest BCUT2D eigenvalue weighted by Gasteiger charge is -2.31. The molecule has 2 aromatic heterocycles. The number of nitrogens with one attached hydrogen (secondary N) is 1. The molecule has 0 saturated carbocycles. The molecule has 29 heavy (non-hydrogen) atoms. The Morgan fingerprint density at radius 1 is 1.00 bits per heavy atom. The van der Waals surface area contributed by atoms with Crippen LogP contribution in [0.1, 0.15) is 38.2 Å². The van der Waals surface area contributed by atoms with Gasteiger partial charge in [-0.1, -0.05) is 6.92 Å². The van der Waals surface area contributed by atoms with E-state index in [1.807, 2.05) is 6.20 Å². The third-order valence-corrected chi connectivity index (χ3v) is 5.62. The molecule has 0 spiro atoms. The highest BCUT2D eigenvalue weighted by Crippen LogP contribution is 2.29. The van der Waals surface area contributed by atoms with E-state index in [9.17, 15) is 0 Å². The van der Waals surface area contributed by atoms with Gasteiger partial charge in [0, 0.05) is 50.6 Å². The number of pyridine rings is 1. The second-order valence-corrected chi connectivity index (χ2v) is 7.87. The molecule has 2 aromatic rings. The predicted molar refractivity (Wildman–Crippen MR) is 118 cm³/mol. The Balaban J connectivity index is 1.69. The average Bonchev–Trinajstić information content (AvgIpc) is 2.78. The van der Waals surface area contributed by atoms with Crippen LogP contribution in [0.2, 0.25) is 0 Å². The SMILES string of the molecule is CCCNc1cc(C)c(-c2cc(N3CCOCC3)nc(N3CCCCC3)n2)cn1. The summed E-state index contributed by atoms with van der Waals surface area (Å²) in [6, 6.07) is 4.23. The van der Waals surface area contributed by atoms with Gasteiger partial charge in [0.15, 0.2) is 0 Å². The molecule has 0 amide bonds. The Labute approximate surface area is 173 Å². The Morgan fingerprint density at radius 2 is 1.79 bits per heavy atom. The molecule has 0 aromatic carbocycles. The van der Waals surface area contributed by atoms with Gasteiger partial charge in [-0.2, -0.15) is 4.98 Å². The standard InChI is InChI=1S/C22H32N6O/c1-3-7-23-20-14-17(2)18(16-24-20)19-15-21(27-10-12-29-13-11-27)26-22(25-19)28-8-5-4-6-9-28/h14-16H,3-13H2,1-2H3,(H,23,24). The summed E-state index contributed by atoms with van der Waals surface area (Å²) in [5.74, 6) is 2.76. The van der Waals surface area contributed by atoms with E-state index in [-0.39, 0.29) is 0 Å². The van der Waals surface area contributed by atoms with E-state index >= 15 is 0 Å². The molecule has 4 heterocycles. The number of hydrogen-bond acceptors (Lipinski definition) is 7. The van der Waals surface area contributed by atoms with Crippen molar-refractivity contribution in [3.05, 3.63) is 23.9 Å². The highest BCUT2D eigenvalue weighted by atomic mass is 16.5. The van der Waals surface area contributed by atoms with Crippen LogP contribution in [0.4, 0.5) is 17.6 Å². The minimum atomic E-state index is 0.747. The van der Waals surface area contributed by atoms with Gasteiger partial charge >= 0.3 is 0 Å². The van der Waals surface area contributed by atoms with Gasteiger partial charge in [-0.15, -0.1) is 0 Å². The summed E-state index contributed by atoms with van der Waals surface area (Å²) in [6.07, 6.45) is 6.73. The molecular formula is C22H32N6O. The fourth-order valence-electron chi connectivity index (χ4n) is 3.92. The zero-order valence-electron chi connectivity index (χ0n) is 17.7. The quantitative estimate of drug-likeness (QED) is 0.802. The monoisotopic (exact) mass is 396 g/mol. The van der Waals surface area contributed by atoms with Crippen molar-refractivity contribution in [2.75, 3.05) is 61.1 Å². The topological polar surface area (TPSA) is 66.4 Å². The number of anilines is 3. The lowest BCUT2D eigenvalue weighted by Crippen LogP contribution is -2.37. The molecule has 2 saturated heterocycles. The van der Waals surface area contributed by atoms with E-state index in [1.165, 1.54) is 24.8 Å². The van der Waals surface area contributed by atoms with Crippen molar-refractivity contribution in [3.63, 3.8) is 0 Å². The minimum Gasteiger partial charge on any atom is -0.378 e. The largest absolute Gasteiger partial charge is 0.378 e. The van der Waals surface area contributed by atoms with E-state index < -0.39 is 0 Å². The lowest BCUT2D eigenvalue weighted by molar-refractivity contribution is 0.122. The number of rotatable bonds is 6. The van der Waals surface area contributed by atoms with Crippen LogP contribution >= 0.6 is 0 Å². The number of morpholine rings is 1. The van der Waals surface area contributed by atoms with Crippen molar-refractivity contribution < 1.29 is 4.74 Å². The second kappa shape index (κ2) is 9.39. The molecule has 0 radical (unpaired) electrons. The number of nitrogens with zero attached hydrogens (tertiary/aromatic N) is 5. The van der Waals surface area contributed by atoms with Gasteiger partial charge in [0.05, 0.1) is 18.9 Å². The Kier molecular flexibility index (Phi) is 6.44. The van der Waals surface area contributed by atoms with Crippen LogP contribution in [-0.4, -0.2) is 60.9 Å². The zero-order valence-corrected chi connectivity index (χ0v) is 17.7. The average molecular weight is 397 g/mol. The third kappa shape index (κ3) is 4.78. The molecule has 1 N–H and O–H groups in total. The first-order valence-corrected chi connectivity index (χ1v) is 10.9. The molecule has 7 heteroatoms. The van der Waals surface area contributed by atoms with Gasteiger partial charge in [0.2, 0.25) is 5.95 Å². The number of ether oxygens (including phenoxy) is 1. The highest BCUT2D eigenvalue weighted by Gasteiger charge is 2.20. The maximum absolute atomic E-state index is 5.53. The van der Waals surface area contributed by atoms with Crippen LogP contribution in [0.15, 0.2) is 18.3 Å². The van der Waals surface area contributed by atoms with Gasteiger partial charge in [-0.25, -0.2) is 9.97 Å². The van der Waals surface area contributed by atoms with Gasteiger partial charge in [-0.3, -0.25) is 0 Å². The Bertz CT molecular complexity index is 779. The van der Waals surface area contributed by atoms with Crippen molar-refractivity contribution in [2.45, 2.75) is 39.5 Å². The fourth-order valence-corrected chi connectivity index (χ4v) is 3.92. The normalized spacial score (nSPS) is 17.4. The molecule has 2 fully saturated rings. The van der Waals surface area contributed by atoms with Gasteiger partial charge in [0.1, 0.15) is 11.6 Å². The van der Waals surface area contributed by atoms with E-state index in [1.54, 1.807) is 0 Å². The van der Waals surface area contributed by atoms with Gasteiger partial charge in [0.25, 0.3) is 0 Å². The smallest absolute Gasteiger partial charge is 0.227 e. The van der Waals surface area contributed by atoms with Crippen molar-refractivity contribution >= 4 is 17.6 Å². The molecule has 2 aliphatic rings. The zero-order chi connectivity index (χ0) is 20.1. The Morgan fingerprint density at radius 3 is 2.52 bits per heavy atom. The molecule has 156 valence electrons. The molecular weight excluding hydrogens is 364 g/mol. The molecule has 0 atom stereocenters. The van der Waals surface area contributed by atoms with Crippen LogP contribution in [-0.2, 0) is 4.74 Å². The van der Waals surface area contributed by atoms with E-state index in [0.717, 1.165) is 81.2 Å². The Hall–Kier alpha value is -2.41. The lowest BCUT2D eigenvalue weighted by atomic mass is 10.1. The van der Waals surface area contributed by atoms with Crippen molar-refractivity contribution in [1.82, 2.24) is 15.0 Å². The minimum absolute atomic E-state index is 0.747. The molecule has 4 rings (SSSR count). The predicted octanol–water partition coefficient (Wildman–Crippen LogP) is 3.50. The van der Waals surface area contributed by atoms with Crippen molar-refractivity contribution in [2.24, 2.45) is 0 Å². The summed E-state index contributed by atoms with van der Waals surface area (Å²) in [6.45, 7) is 10.5. The second-order valence-electron chi connectivity index (χ2n) is 7.87. The fraction of sp³-hybridized carbons (Fsp3) is 0.591. The summed E-state index contributed by atoms with van der Waals surface area (Å²) in [7, 11) is 0. The summed E-state index contributed by atoms with van der Waals surface area (Å²) in [5, 5.41) is 3.37. The first kappa shape index (κ1) is 19.9. The third-order valence-electron chi connectivity index (χ3n) is 5.62. The van der Waals surface area contributed by atoms with E-state index in [4.69, 9.17) is 14.7 Å². The molecule has 2 aliphatic heterocycles. The number of aromatic nitrogens is 3.